The number of furan rings is 1. The molecular weight excluding hydrogens is 360 g/mol. The van der Waals surface area contributed by atoms with E-state index in [9.17, 15) is 25.3 Å². The van der Waals surface area contributed by atoms with Gasteiger partial charge in [0.1, 0.15) is 11.5 Å². The number of carboxylic acids is 1. The third-order valence-corrected chi connectivity index (χ3v) is 4.15. The van der Waals surface area contributed by atoms with Crippen LogP contribution in [-0.4, -0.2) is 10.9 Å². The number of allylic oxidation sites excluding steroid dienone is 1. The van der Waals surface area contributed by atoms with Crippen LogP contribution in [0.1, 0.15) is 27.2 Å². The third-order valence-electron chi connectivity index (χ3n) is 4.15. The van der Waals surface area contributed by atoms with Crippen LogP contribution in [0.25, 0.3) is 23.0 Å². The number of nitro groups is 1. The number of aromatic carboxylic acids is 1. The molecule has 0 fully saturated rings. The zero-order valence-corrected chi connectivity index (χ0v) is 14.7. The molecule has 0 unspecified atom stereocenters. The second-order valence-corrected chi connectivity index (χ2v) is 5.99. The summed E-state index contributed by atoms with van der Waals surface area (Å²) in [4.78, 5) is 21.2. The van der Waals surface area contributed by atoms with Crippen molar-refractivity contribution in [2.75, 3.05) is 0 Å². The number of nitrogens with zero attached hydrogens (tertiary/aromatic N) is 2. The molecule has 3 aromatic rings. The Kier molecular flexibility index (Phi) is 5.05. The topological polar surface area (TPSA) is 120 Å². The Hall–Kier alpha value is -4.18. The molecule has 0 saturated carbocycles. The largest absolute Gasteiger partial charge is 0.545 e. The Morgan fingerprint density at radius 1 is 1.11 bits per heavy atom. The van der Waals surface area contributed by atoms with E-state index in [2.05, 4.69) is 6.07 Å². The first-order valence-corrected chi connectivity index (χ1v) is 8.18. The Labute approximate surface area is 159 Å². The zero-order chi connectivity index (χ0) is 20.3. The van der Waals surface area contributed by atoms with Crippen LogP contribution in [0.3, 0.4) is 0 Å². The van der Waals surface area contributed by atoms with Gasteiger partial charge < -0.3 is 14.3 Å². The van der Waals surface area contributed by atoms with Crippen LogP contribution >= 0.6 is 0 Å². The summed E-state index contributed by atoms with van der Waals surface area (Å²) in [6.45, 7) is 1.76. The molecular formula is C21H13N2O5-. The molecule has 0 radical (unpaired) electrons. The molecule has 0 aliphatic heterocycles. The number of rotatable bonds is 5. The van der Waals surface area contributed by atoms with Gasteiger partial charge in [-0.15, -0.1) is 0 Å². The lowest BCUT2D eigenvalue weighted by Gasteiger charge is -2.07. The van der Waals surface area contributed by atoms with Gasteiger partial charge in [0.25, 0.3) is 5.69 Å². The van der Waals surface area contributed by atoms with Crippen LogP contribution in [0.15, 0.2) is 59.0 Å². The summed E-state index contributed by atoms with van der Waals surface area (Å²) in [6, 6.07) is 15.7. The Morgan fingerprint density at radius 2 is 1.79 bits per heavy atom. The SMILES string of the molecule is Cc1cc(C(=O)[O-])ccc1-c1ccc(/C=C(\C#N)c2ccc([N+](=O)[O-])cc2)o1. The minimum Gasteiger partial charge on any atom is -0.545 e. The number of nitriles is 1. The number of hydrogen-bond donors (Lipinski definition) is 0. The number of non-ortho nitro benzene ring substituents is 1. The Morgan fingerprint density at radius 3 is 2.36 bits per heavy atom. The molecule has 0 aliphatic rings. The van der Waals surface area contributed by atoms with E-state index in [1.165, 1.54) is 42.5 Å². The molecule has 0 amide bonds. The number of aryl methyl sites for hydroxylation is 1. The summed E-state index contributed by atoms with van der Waals surface area (Å²) in [5.74, 6) is -0.303. The van der Waals surface area contributed by atoms with E-state index in [0.717, 1.165) is 5.56 Å². The summed E-state index contributed by atoms with van der Waals surface area (Å²) < 4.78 is 5.77. The fourth-order valence-corrected chi connectivity index (χ4v) is 2.73. The van der Waals surface area contributed by atoms with Crippen molar-refractivity contribution in [2.45, 2.75) is 6.92 Å². The van der Waals surface area contributed by atoms with E-state index in [4.69, 9.17) is 4.42 Å². The molecule has 3 rings (SSSR count). The van der Waals surface area contributed by atoms with Crippen LogP contribution in [0.4, 0.5) is 5.69 Å². The maximum Gasteiger partial charge on any atom is 0.269 e. The van der Waals surface area contributed by atoms with E-state index in [-0.39, 0.29) is 11.3 Å². The quantitative estimate of drug-likeness (QED) is 0.383. The fourth-order valence-electron chi connectivity index (χ4n) is 2.73. The summed E-state index contributed by atoms with van der Waals surface area (Å²) in [7, 11) is 0. The first kappa shape index (κ1) is 18.6. The molecule has 0 aliphatic carbocycles. The normalized spacial score (nSPS) is 11.1. The van der Waals surface area contributed by atoms with E-state index in [0.29, 0.717) is 28.2 Å². The van der Waals surface area contributed by atoms with Crippen molar-refractivity contribution in [3.05, 3.63) is 87.2 Å². The highest BCUT2D eigenvalue weighted by Crippen LogP contribution is 2.28. The van der Waals surface area contributed by atoms with E-state index in [1.807, 2.05) is 0 Å². The van der Waals surface area contributed by atoms with Crippen molar-refractivity contribution >= 4 is 23.3 Å². The molecule has 0 N–H and O–H groups in total. The fraction of sp³-hybridized carbons (Fsp3) is 0.0476. The molecule has 2 aromatic carbocycles. The van der Waals surface area contributed by atoms with E-state index < -0.39 is 10.9 Å². The van der Waals surface area contributed by atoms with Crippen LogP contribution in [0.5, 0.6) is 0 Å². The lowest BCUT2D eigenvalue weighted by Crippen LogP contribution is -2.22. The second kappa shape index (κ2) is 7.60. The number of hydrogen-bond acceptors (Lipinski definition) is 6. The first-order valence-electron chi connectivity index (χ1n) is 8.18. The van der Waals surface area contributed by atoms with Gasteiger partial charge in [0.2, 0.25) is 0 Å². The predicted octanol–water partition coefficient (Wildman–Crippen LogP) is 3.59. The van der Waals surface area contributed by atoms with Gasteiger partial charge >= 0.3 is 0 Å². The molecule has 0 atom stereocenters. The molecule has 7 nitrogen and oxygen atoms in total. The smallest absolute Gasteiger partial charge is 0.269 e. The summed E-state index contributed by atoms with van der Waals surface area (Å²) in [5.41, 5.74) is 2.27. The minimum atomic E-state index is -1.25. The Bertz CT molecular complexity index is 1130. The van der Waals surface area contributed by atoms with Gasteiger partial charge in [-0.25, -0.2) is 0 Å². The second-order valence-electron chi connectivity index (χ2n) is 5.99. The van der Waals surface area contributed by atoms with Crippen molar-refractivity contribution < 1.29 is 19.2 Å². The molecule has 1 aromatic heterocycles. The number of carboxylic acid groups (broad SMARTS) is 1. The standard InChI is InChI=1S/C21H14N2O5/c1-13-10-15(21(24)25)4-8-19(13)20-9-7-18(28-20)11-16(12-22)14-2-5-17(6-3-14)23(26)27/h2-11H,1H3,(H,24,25)/p-1/b16-11+. The predicted molar refractivity (Wildman–Crippen MR) is 99.8 cm³/mol. The lowest BCUT2D eigenvalue weighted by molar-refractivity contribution is -0.384. The van der Waals surface area contributed by atoms with Gasteiger partial charge in [0.05, 0.1) is 22.5 Å². The molecule has 138 valence electrons. The highest BCUT2D eigenvalue weighted by atomic mass is 16.6. The molecule has 0 saturated heterocycles. The van der Waals surface area contributed by atoms with Crippen LogP contribution in [0.2, 0.25) is 0 Å². The number of nitro benzene ring substituents is 1. The maximum atomic E-state index is 10.9. The average molecular weight is 373 g/mol. The molecule has 28 heavy (non-hydrogen) atoms. The number of carbonyl (C=O) groups excluding carboxylic acids is 1. The number of carbonyl (C=O) groups is 1. The van der Waals surface area contributed by atoms with E-state index in [1.54, 1.807) is 25.1 Å². The zero-order valence-electron chi connectivity index (χ0n) is 14.7. The van der Waals surface area contributed by atoms with Crippen LogP contribution in [0, 0.1) is 28.4 Å². The van der Waals surface area contributed by atoms with Gasteiger partial charge in [0, 0.05) is 17.7 Å². The summed E-state index contributed by atoms with van der Waals surface area (Å²) in [5, 5.41) is 31.1. The highest BCUT2D eigenvalue weighted by Gasteiger charge is 2.10. The maximum absolute atomic E-state index is 10.9. The molecule has 1 heterocycles. The molecule has 0 spiro atoms. The van der Waals surface area contributed by atoms with Gasteiger partial charge in [-0.3, -0.25) is 10.1 Å². The van der Waals surface area contributed by atoms with Crippen molar-refractivity contribution in [1.82, 2.24) is 0 Å². The monoisotopic (exact) mass is 373 g/mol. The van der Waals surface area contributed by atoms with Gasteiger partial charge in [-0.2, -0.15) is 5.26 Å². The number of benzene rings is 2. The van der Waals surface area contributed by atoms with Crippen molar-refractivity contribution in [3.63, 3.8) is 0 Å². The lowest BCUT2D eigenvalue weighted by atomic mass is 10.0. The van der Waals surface area contributed by atoms with Gasteiger partial charge in [-0.05, 0) is 60.0 Å². The van der Waals surface area contributed by atoms with Crippen LogP contribution < -0.4 is 5.11 Å². The van der Waals surface area contributed by atoms with Crippen molar-refractivity contribution in [3.8, 4) is 17.4 Å². The molecule has 7 heteroatoms. The van der Waals surface area contributed by atoms with Gasteiger partial charge in [-0.1, -0.05) is 12.1 Å². The summed E-state index contributed by atoms with van der Waals surface area (Å²) in [6.07, 6.45) is 1.54. The Balaban J connectivity index is 1.91. The van der Waals surface area contributed by atoms with E-state index >= 15 is 0 Å². The van der Waals surface area contributed by atoms with Crippen molar-refractivity contribution in [2.24, 2.45) is 0 Å². The average Bonchev–Trinajstić information content (AvgIpc) is 3.14. The minimum absolute atomic E-state index is 0.0585. The molecule has 0 bridgehead atoms. The van der Waals surface area contributed by atoms with Gasteiger partial charge in [0.15, 0.2) is 0 Å². The third kappa shape index (κ3) is 3.81. The highest BCUT2D eigenvalue weighted by molar-refractivity contribution is 5.89. The van der Waals surface area contributed by atoms with Crippen molar-refractivity contribution in [1.29, 1.82) is 5.26 Å². The first-order chi connectivity index (χ1) is 13.4. The summed E-state index contributed by atoms with van der Waals surface area (Å²) >= 11 is 0. The van der Waals surface area contributed by atoms with Crippen LogP contribution in [-0.2, 0) is 0 Å².